The Kier molecular flexibility index (Phi) is 8.45. The zero-order valence-electron chi connectivity index (χ0n) is 12.2. The van der Waals surface area contributed by atoms with E-state index in [1.54, 1.807) is 12.2 Å². The van der Waals surface area contributed by atoms with Crippen LogP contribution in [0.4, 0.5) is 0 Å². The lowest BCUT2D eigenvalue weighted by Gasteiger charge is -2.20. The minimum atomic E-state index is -0.442. The van der Waals surface area contributed by atoms with Crippen LogP contribution in [0.15, 0.2) is 66.2 Å². The number of aldehydes is 1. The molecule has 0 aromatic heterocycles. The molecule has 0 radical (unpaired) electrons. The fourth-order valence-corrected chi connectivity index (χ4v) is 1.74. The summed E-state index contributed by atoms with van der Waals surface area (Å²) < 4.78 is 4.99. The van der Waals surface area contributed by atoms with E-state index in [0.717, 1.165) is 11.6 Å². The summed E-state index contributed by atoms with van der Waals surface area (Å²) in [5, 5.41) is 0. The van der Waals surface area contributed by atoms with Crippen molar-refractivity contribution in [1.29, 1.82) is 0 Å². The van der Waals surface area contributed by atoms with Crippen molar-refractivity contribution in [3.05, 3.63) is 71.8 Å². The van der Waals surface area contributed by atoms with Crippen LogP contribution < -0.4 is 0 Å². The monoisotopic (exact) mass is 317 g/mol. The first-order valence-electron chi connectivity index (χ1n) is 6.75. The highest BCUT2D eigenvalue weighted by atomic mass is 32.1. The normalized spacial score (nSPS) is 11.2. The predicted octanol–water partition coefficient (Wildman–Crippen LogP) is 2.74. The summed E-state index contributed by atoms with van der Waals surface area (Å²) >= 11 is 3.98. The largest absolute Gasteiger partial charge is 0.461 e. The minimum Gasteiger partial charge on any atom is -0.461 e. The van der Waals surface area contributed by atoms with Crippen LogP contribution in [-0.4, -0.2) is 30.3 Å². The van der Waals surface area contributed by atoms with Gasteiger partial charge in [0.25, 0.3) is 0 Å². The molecule has 0 amide bonds. The molecular formula is C17H19NO3S. The van der Waals surface area contributed by atoms with Gasteiger partial charge in [0.15, 0.2) is 6.29 Å². The van der Waals surface area contributed by atoms with Gasteiger partial charge < -0.3 is 9.64 Å². The second kappa shape index (κ2) is 10.5. The zero-order chi connectivity index (χ0) is 16.2. The summed E-state index contributed by atoms with van der Waals surface area (Å²) in [6.07, 6.45) is 6.96. The van der Waals surface area contributed by atoms with Crippen molar-refractivity contribution in [3.63, 3.8) is 0 Å². The third-order valence-corrected chi connectivity index (χ3v) is 2.96. The molecule has 1 aromatic carbocycles. The van der Waals surface area contributed by atoms with Gasteiger partial charge >= 0.3 is 5.97 Å². The van der Waals surface area contributed by atoms with Crippen molar-refractivity contribution in [1.82, 2.24) is 4.90 Å². The van der Waals surface area contributed by atoms with Gasteiger partial charge in [-0.3, -0.25) is 4.79 Å². The standard InChI is InChI=1S/C17H19NO3S/c1-2-17(20)21-12-11-18(10-6-9-16(22)14-19)13-15-7-4-3-5-8-15/h2-10,14,22H,1,11-13H2/b10-6+,16-9-. The lowest BCUT2D eigenvalue weighted by atomic mass is 10.2. The van der Waals surface area contributed by atoms with Crippen LogP contribution in [0.5, 0.6) is 0 Å². The molecule has 5 heteroatoms. The summed E-state index contributed by atoms with van der Waals surface area (Å²) in [5.41, 5.74) is 1.13. The molecule has 0 heterocycles. The quantitative estimate of drug-likeness (QED) is 0.250. The smallest absolute Gasteiger partial charge is 0.330 e. The molecule has 0 N–H and O–H groups in total. The summed E-state index contributed by atoms with van der Waals surface area (Å²) in [6.45, 7) is 4.81. The number of allylic oxidation sites excluding steroid dienone is 3. The van der Waals surface area contributed by atoms with Crippen LogP contribution in [-0.2, 0) is 20.9 Å². The lowest BCUT2D eigenvalue weighted by Crippen LogP contribution is -2.22. The topological polar surface area (TPSA) is 46.6 Å². The van der Waals surface area contributed by atoms with Gasteiger partial charge in [-0.15, -0.1) is 12.6 Å². The summed E-state index contributed by atoms with van der Waals surface area (Å²) in [4.78, 5) is 23.9. The van der Waals surface area contributed by atoms with Crippen LogP contribution in [0, 0.1) is 0 Å². The van der Waals surface area contributed by atoms with E-state index in [1.807, 2.05) is 41.4 Å². The minimum absolute atomic E-state index is 0.257. The van der Waals surface area contributed by atoms with E-state index in [-0.39, 0.29) is 6.61 Å². The van der Waals surface area contributed by atoms with Crippen LogP contribution in [0.3, 0.4) is 0 Å². The number of hydrogen-bond donors (Lipinski definition) is 1. The maximum atomic E-state index is 11.1. The van der Waals surface area contributed by atoms with Crippen molar-refractivity contribution in [2.75, 3.05) is 13.2 Å². The number of benzene rings is 1. The summed E-state index contributed by atoms with van der Waals surface area (Å²) in [6, 6.07) is 9.92. The molecule has 0 spiro atoms. The second-order valence-corrected chi connectivity index (χ2v) is 4.89. The average Bonchev–Trinajstić information content (AvgIpc) is 2.55. The van der Waals surface area contributed by atoms with Crippen molar-refractivity contribution < 1.29 is 14.3 Å². The average molecular weight is 317 g/mol. The molecule has 0 fully saturated rings. The Hall–Kier alpha value is -2.27. The van der Waals surface area contributed by atoms with E-state index < -0.39 is 5.97 Å². The predicted molar refractivity (Wildman–Crippen MR) is 90.3 cm³/mol. The van der Waals surface area contributed by atoms with Gasteiger partial charge in [-0.05, 0) is 23.9 Å². The van der Waals surface area contributed by atoms with Gasteiger partial charge in [-0.1, -0.05) is 36.9 Å². The van der Waals surface area contributed by atoms with Gasteiger partial charge in [0.1, 0.15) is 6.61 Å². The Bertz CT molecular complexity index is 552. The number of esters is 1. The number of nitrogens with zero attached hydrogens (tertiary/aromatic N) is 1. The SMILES string of the molecule is C=CC(=O)OCCN(/C=C/C=C(\S)C=O)Cc1ccccc1. The Morgan fingerprint density at radius 2 is 2.05 bits per heavy atom. The number of rotatable bonds is 9. The van der Waals surface area contributed by atoms with Crippen molar-refractivity contribution >= 4 is 24.9 Å². The number of carbonyl (C=O) groups is 2. The lowest BCUT2D eigenvalue weighted by molar-refractivity contribution is -0.138. The Morgan fingerprint density at radius 3 is 2.68 bits per heavy atom. The van der Waals surface area contributed by atoms with E-state index in [0.29, 0.717) is 24.3 Å². The maximum Gasteiger partial charge on any atom is 0.330 e. The molecule has 0 bridgehead atoms. The van der Waals surface area contributed by atoms with Gasteiger partial charge in [-0.25, -0.2) is 4.79 Å². The first-order valence-corrected chi connectivity index (χ1v) is 7.20. The van der Waals surface area contributed by atoms with Crippen molar-refractivity contribution in [3.8, 4) is 0 Å². The van der Waals surface area contributed by atoms with Crippen LogP contribution in [0.1, 0.15) is 5.56 Å². The van der Waals surface area contributed by atoms with Gasteiger partial charge in [0.05, 0.1) is 6.54 Å². The molecule has 0 aliphatic heterocycles. The van der Waals surface area contributed by atoms with Crippen LogP contribution in [0.2, 0.25) is 0 Å². The van der Waals surface area contributed by atoms with Gasteiger partial charge in [-0.2, -0.15) is 0 Å². The molecule has 0 aliphatic rings. The molecule has 4 nitrogen and oxygen atoms in total. The second-order valence-electron chi connectivity index (χ2n) is 4.38. The molecule has 0 aliphatic carbocycles. The number of carbonyl (C=O) groups excluding carboxylic acids is 2. The zero-order valence-corrected chi connectivity index (χ0v) is 13.1. The molecule has 1 rings (SSSR count). The Labute approximate surface area is 136 Å². The number of ether oxygens (including phenoxy) is 1. The van der Waals surface area contributed by atoms with Crippen LogP contribution >= 0.6 is 12.6 Å². The summed E-state index contributed by atoms with van der Waals surface area (Å²) in [7, 11) is 0. The molecule has 22 heavy (non-hydrogen) atoms. The third kappa shape index (κ3) is 7.50. The van der Waals surface area contributed by atoms with Crippen molar-refractivity contribution in [2.45, 2.75) is 6.54 Å². The highest BCUT2D eigenvalue weighted by Gasteiger charge is 2.02. The van der Waals surface area contributed by atoms with Gasteiger partial charge in [0, 0.05) is 17.5 Å². The summed E-state index contributed by atoms with van der Waals surface area (Å²) in [5.74, 6) is -0.442. The molecule has 1 aromatic rings. The number of thiol groups is 1. The molecule has 0 atom stereocenters. The van der Waals surface area contributed by atoms with E-state index in [1.165, 1.54) is 0 Å². The fraction of sp³-hybridized carbons (Fsp3) is 0.176. The molecule has 0 saturated carbocycles. The Balaban J connectivity index is 2.65. The van der Waals surface area contributed by atoms with Crippen LogP contribution in [0.25, 0.3) is 0 Å². The molecule has 116 valence electrons. The molecule has 0 unspecified atom stereocenters. The van der Waals surface area contributed by atoms with Crippen molar-refractivity contribution in [2.24, 2.45) is 0 Å². The molecule has 0 saturated heterocycles. The maximum absolute atomic E-state index is 11.1. The van der Waals surface area contributed by atoms with E-state index in [2.05, 4.69) is 19.2 Å². The highest BCUT2D eigenvalue weighted by Crippen LogP contribution is 2.06. The number of hydrogen-bond acceptors (Lipinski definition) is 5. The van der Waals surface area contributed by atoms with E-state index in [4.69, 9.17) is 4.74 Å². The van der Waals surface area contributed by atoms with E-state index in [9.17, 15) is 9.59 Å². The first-order chi connectivity index (χ1) is 10.7. The third-order valence-electron chi connectivity index (χ3n) is 2.70. The Morgan fingerprint density at radius 1 is 1.32 bits per heavy atom. The highest BCUT2D eigenvalue weighted by molar-refractivity contribution is 7.85. The first kappa shape index (κ1) is 17.8. The van der Waals surface area contributed by atoms with Gasteiger partial charge in [0.2, 0.25) is 0 Å². The van der Waals surface area contributed by atoms with E-state index >= 15 is 0 Å². The fourth-order valence-electron chi connectivity index (χ4n) is 1.65. The molecular weight excluding hydrogens is 298 g/mol.